The summed E-state index contributed by atoms with van der Waals surface area (Å²) in [7, 11) is 0. The van der Waals surface area contributed by atoms with Crippen molar-refractivity contribution in [1.82, 2.24) is 9.88 Å². The van der Waals surface area contributed by atoms with Crippen LogP contribution in [0, 0.1) is 0 Å². The van der Waals surface area contributed by atoms with Crippen LogP contribution in [0.3, 0.4) is 0 Å². The molecule has 0 bridgehead atoms. The number of hydrogen-bond donors (Lipinski definition) is 1. The lowest BCUT2D eigenvalue weighted by Gasteiger charge is -2.33. The van der Waals surface area contributed by atoms with Crippen LogP contribution in [0.25, 0.3) is 0 Å². The molecule has 4 heteroatoms. The topological polar surface area (TPSA) is 36.4 Å². The number of piperidine rings is 1. The number of aliphatic hydroxyl groups excluding tert-OH is 1. The molecule has 1 atom stereocenters. The molecule has 0 saturated carbocycles. The standard InChI is InChI=1S/C10H16N2OS/c13-8-9-3-1-2-5-12(9)7-10-11-4-6-14-10/h4,6,9,13H,1-3,5,7-8H2. The summed E-state index contributed by atoms with van der Waals surface area (Å²) < 4.78 is 0. The van der Waals surface area contributed by atoms with Gasteiger partial charge in [0, 0.05) is 17.6 Å². The van der Waals surface area contributed by atoms with Crippen LogP contribution in [0.2, 0.25) is 0 Å². The van der Waals surface area contributed by atoms with Crippen molar-refractivity contribution >= 4 is 11.3 Å². The smallest absolute Gasteiger partial charge is 0.107 e. The number of thiazole rings is 1. The van der Waals surface area contributed by atoms with E-state index in [0.717, 1.165) is 24.5 Å². The second-order valence-corrected chi connectivity index (χ2v) is 4.71. The van der Waals surface area contributed by atoms with Crippen molar-refractivity contribution < 1.29 is 5.11 Å². The van der Waals surface area contributed by atoms with Gasteiger partial charge >= 0.3 is 0 Å². The van der Waals surface area contributed by atoms with Crippen molar-refractivity contribution in [2.75, 3.05) is 13.2 Å². The lowest BCUT2D eigenvalue weighted by Crippen LogP contribution is -2.41. The van der Waals surface area contributed by atoms with Gasteiger partial charge in [0.05, 0.1) is 13.2 Å². The first-order valence-corrected chi connectivity index (χ1v) is 6.01. The predicted molar refractivity (Wildman–Crippen MR) is 57.2 cm³/mol. The van der Waals surface area contributed by atoms with E-state index in [-0.39, 0.29) is 6.61 Å². The van der Waals surface area contributed by atoms with E-state index in [1.807, 2.05) is 11.6 Å². The quantitative estimate of drug-likeness (QED) is 0.824. The summed E-state index contributed by atoms with van der Waals surface area (Å²) >= 11 is 1.69. The van der Waals surface area contributed by atoms with E-state index in [0.29, 0.717) is 6.04 Å². The summed E-state index contributed by atoms with van der Waals surface area (Å²) in [5.74, 6) is 0. The molecule has 1 saturated heterocycles. The summed E-state index contributed by atoms with van der Waals surface area (Å²) in [6, 6.07) is 0.354. The molecular weight excluding hydrogens is 196 g/mol. The largest absolute Gasteiger partial charge is 0.395 e. The molecule has 1 aromatic heterocycles. The molecule has 0 spiro atoms. The van der Waals surface area contributed by atoms with Crippen LogP contribution < -0.4 is 0 Å². The van der Waals surface area contributed by atoms with Gasteiger partial charge in [0.2, 0.25) is 0 Å². The van der Waals surface area contributed by atoms with E-state index in [4.69, 9.17) is 0 Å². The third-order valence-electron chi connectivity index (χ3n) is 2.78. The van der Waals surface area contributed by atoms with E-state index < -0.39 is 0 Å². The highest BCUT2D eigenvalue weighted by atomic mass is 32.1. The first-order chi connectivity index (χ1) is 6.90. The number of aromatic nitrogens is 1. The molecule has 2 rings (SSSR count). The van der Waals surface area contributed by atoms with Crippen molar-refractivity contribution in [3.63, 3.8) is 0 Å². The molecule has 78 valence electrons. The van der Waals surface area contributed by atoms with E-state index >= 15 is 0 Å². The summed E-state index contributed by atoms with van der Waals surface area (Å²) in [4.78, 5) is 6.62. The van der Waals surface area contributed by atoms with Gasteiger partial charge in [0.15, 0.2) is 0 Å². The van der Waals surface area contributed by atoms with Gasteiger partial charge in [-0.05, 0) is 19.4 Å². The molecule has 0 aromatic carbocycles. The van der Waals surface area contributed by atoms with E-state index in [1.54, 1.807) is 11.3 Å². The number of nitrogens with zero attached hydrogens (tertiary/aromatic N) is 2. The Labute approximate surface area is 88.4 Å². The Morgan fingerprint density at radius 2 is 2.50 bits per heavy atom. The summed E-state index contributed by atoms with van der Waals surface area (Å²) in [5.41, 5.74) is 0. The molecule has 1 unspecified atom stereocenters. The maximum atomic E-state index is 9.23. The number of rotatable bonds is 3. The van der Waals surface area contributed by atoms with Gasteiger partial charge in [-0.3, -0.25) is 4.90 Å². The van der Waals surface area contributed by atoms with E-state index in [2.05, 4.69) is 9.88 Å². The van der Waals surface area contributed by atoms with Gasteiger partial charge in [0.25, 0.3) is 0 Å². The first kappa shape index (κ1) is 10.1. The van der Waals surface area contributed by atoms with Crippen molar-refractivity contribution in [2.24, 2.45) is 0 Å². The van der Waals surface area contributed by atoms with Crippen molar-refractivity contribution in [2.45, 2.75) is 31.8 Å². The fraction of sp³-hybridized carbons (Fsp3) is 0.700. The lowest BCUT2D eigenvalue weighted by molar-refractivity contribution is 0.0840. The second-order valence-electron chi connectivity index (χ2n) is 3.73. The first-order valence-electron chi connectivity index (χ1n) is 5.13. The fourth-order valence-electron chi connectivity index (χ4n) is 1.98. The van der Waals surface area contributed by atoms with Crippen LogP contribution in [0.1, 0.15) is 24.3 Å². The van der Waals surface area contributed by atoms with Gasteiger partial charge in [-0.25, -0.2) is 4.98 Å². The molecular formula is C10H16N2OS. The molecule has 3 nitrogen and oxygen atoms in total. The Bertz CT molecular complexity index is 263. The van der Waals surface area contributed by atoms with Gasteiger partial charge in [-0.2, -0.15) is 0 Å². The highest BCUT2D eigenvalue weighted by Crippen LogP contribution is 2.19. The predicted octanol–water partition coefficient (Wildman–Crippen LogP) is 1.49. The highest BCUT2D eigenvalue weighted by molar-refractivity contribution is 7.09. The molecule has 1 aliphatic rings. The van der Waals surface area contributed by atoms with Crippen LogP contribution in [0.4, 0.5) is 0 Å². The highest BCUT2D eigenvalue weighted by Gasteiger charge is 2.21. The average molecular weight is 212 g/mol. The zero-order chi connectivity index (χ0) is 9.80. The molecule has 1 aromatic rings. The number of hydrogen-bond acceptors (Lipinski definition) is 4. The molecule has 2 heterocycles. The van der Waals surface area contributed by atoms with E-state index in [9.17, 15) is 5.11 Å². The minimum Gasteiger partial charge on any atom is -0.395 e. The minimum absolute atomic E-state index is 0.283. The van der Waals surface area contributed by atoms with Gasteiger partial charge in [-0.1, -0.05) is 6.42 Å². The summed E-state index contributed by atoms with van der Waals surface area (Å²) in [5, 5.41) is 12.4. The third-order valence-corrected chi connectivity index (χ3v) is 3.55. The summed E-state index contributed by atoms with van der Waals surface area (Å²) in [6.07, 6.45) is 5.47. The SMILES string of the molecule is OCC1CCCCN1Cc1nccs1. The maximum Gasteiger partial charge on any atom is 0.107 e. The molecule has 1 aliphatic heterocycles. The zero-order valence-corrected chi connectivity index (χ0v) is 9.04. The zero-order valence-electron chi connectivity index (χ0n) is 8.22. The Hall–Kier alpha value is -0.450. The average Bonchev–Trinajstić information content (AvgIpc) is 2.71. The molecule has 1 N–H and O–H groups in total. The van der Waals surface area contributed by atoms with Crippen LogP contribution in [0.5, 0.6) is 0 Å². The van der Waals surface area contributed by atoms with Crippen molar-refractivity contribution in [1.29, 1.82) is 0 Å². The normalized spacial score (nSPS) is 23.9. The fourth-order valence-corrected chi connectivity index (χ4v) is 2.62. The third kappa shape index (κ3) is 2.32. The van der Waals surface area contributed by atoms with Crippen LogP contribution in [-0.2, 0) is 6.54 Å². The Kier molecular flexibility index (Phi) is 3.50. The molecule has 14 heavy (non-hydrogen) atoms. The van der Waals surface area contributed by atoms with Crippen molar-refractivity contribution in [3.05, 3.63) is 16.6 Å². The van der Waals surface area contributed by atoms with Gasteiger partial charge in [-0.15, -0.1) is 11.3 Å². The minimum atomic E-state index is 0.283. The van der Waals surface area contributed by atoms with Crippen LogP contribution >= 0.6 is 11.3 Å². The van der Waals surface area contributed by atoms with Crippen LogP contribution in [0.15, 0.2) is 11.6 Å². The molecule has 0 aliphatic carbocycles. The maximum absolute atomic E-state index is 9.23. The number of aliphatic hydroxyl groups is 1. The second kappa shape index (κ2) is 4.87. The van der Waals surface area contributed by atoms with Gasteiger partial charge < -0.3 is 5.11 Å². The molecule has 0 amide bonds. The van der Waals surface area contributed by atoms with E-state index in [1.165, 1.54) is 12.8 Å². The van der Waals surface area contributed by atoms with Gasteiger partial charge in [0.1, 0.15) is 5.01 Å². The Morgan fingerprint density at radius 3 is 3.21 bits per heavy atom. The lowest BCUT2D eigenvalue weighted by atomic mass is 10.0. The Balaban J connectivity index is 1.94. The summed E-state index contributed by atoms with van der Waals surface area (Å²) in [6.45, 7) is 2.29. The molecule has 0 radical (unpaired) electrons. The number of likely N-dealkylation sites (tertiary alicyclic amines) is 1. The van der Waals surface area contributed by atoms with Crippen LogP contribution in [-0.4, -0.2) is 34.2 Å². The Morgan fingerprint density at radius 1 is 1.57 bits per heavy atom. The monoisotopic (exact) mass is 212 g/mol. The molecule has 1 fully saturated rings. The van der Waals surface area contributed by atoms with Crippen molar-refractivity contribution in [3.8, 4) is 0 Å².